The molecule has 0 aliphatic rings. The molecule has 0 rings (SSSR count). The zero-order chi connectivity index (χ0) is 6.50. The normalized spacial score (nSPS) is 9.29. The van der Waals surface area contributed by atoms with Gasteiger partial charge in [-0.15, -0.1) is 0 Å². The van der Waals surface area contributed by atoms with Gasteiger partial charge in [0.15, 0.2) is 0 Å². The van der Waals surface area contributed by atoms with E-state index in [2.05, 4.69) is 0 Å². The van der Waals surface area contributed by atoms with Crippen LogP contribution >= 0.6 is 0 Å². The first-order valence-corrected chi connectivity index (χ1v) is 3.64. The molecule has 7 heteroatoms. The van der Waals surface area contributed by atoms with Crippen LogP contribution in [0.5, 0.6) is 0 Å². The summed E-state index contributed by atoms with van der Waals surface area (Å²) in [7, 11) is -5.17. The summed E-state index contributed by atoms with van der Waals surface area (Å²) in [6.45, 7) is 0. The Labute approximate surface area is 51.0 Å². The van der Waals surface area contributed by atoms with E-state index in [0.717, 1.165) is 0 Å². The van der Waals surface area contributed by atoms with E-state index in [1.54, 1.807) is 0 Å². The van der Waals surface area contributed by atoms with Gasteiger partial charge in [-0.25, -0.2) is 0 Å². The number of hydrogen-bond acceptors (Lipinski definition) is 5. The summed E-state index contributed by atoms with van der Waals surface area (Å²) < 4.78 is 41.2. The van der Waals surface area contributed by atoms with Crippen molar-refractivity contribution < 1.29 is 40.1 Å². The first kappa shape index (κ1) is 10.4. The van der Waals surface area contributed by atoms with Crippen molar-refractivity contribution in [1.29, 1.82) is 0 Å². The van der Waals surface area contributed by atoms with E-state index in [4.69, 9.17) is 21.5 Å². The average molecular weight is 178 g/mol. The van der Waals surface area contributed by atoms with Gasteiger partial charge in [0, 0.05) is 10.4 Å². The van der Waals surface area contributed by atoms with Gasteiger partial charge in [-0.2, -0.15) is 0 Å². The molecule has 39 valence electrons. The summed E-state index contributed by atoms with van der Waals surface area (Å²) in [5.74, 6) is 0. The zero-order valence-electron chi connectivity index (χ0n) is 3.20. The van der Waals surface area contributed by atoms with E-state index in [-0.39, 0.29) is 0 Å². The van der Waals surface area contributed by atoms with Crippen molar-refractivity contribution in [3.63, 3.8) is 0 Å². The Kier molecular flexibility index (Phi) is 6.87. The van der Waals surface area contributed by atoms with Gasteiger partial charge >= 0.3 is 22.6 Å². The van der Waals surface area contributed by atoms with Gasteiger partial charge < -0.3 is 9.11 Å². The molecule has 0 aromatic rings. The first-order chi connectivity index (χ1) is 3.00. The molecule has 0 radical (unpaired) electrons. The third-order valence-electron chi connectivity index (χ3n) is 0. The van der Waals surface area contributed by atoms with Crippen LogP contribution in [-0.2, 0) is 29.1 Å². The summed E-state index contributed by atoms with van der Waals surface area (Å²) in [5, 5.41) is 0. The van der Waals surface area contributed by atoms with Crippen molar-refractivity contribution in [2.24, 2.45) is 0 Å². The third-order valence-corrected chi connectivity index (χ3v) is 0. The fraction of sp³-hybridized carbons (Fsp3) is 0. The summed E-state index contributed by atoms with van der Waals surface area (Å²) in [6, 6.07) is 0. The molecule has 0 heterocycles. The molecule has 0 spiro atoms. The van der Waals surface area contributed by atoms with Gasteiger partial charge in [-0.3, -0.25) is 8.42 Å². The fourth-order valence-electron chi connectivity index (χ4n) is 0. The van der Waals surface area contributed by atoms with Crippen molar-refractivity contribution in [3.8, 4) is 0 Å². The molecule has 0 amide bonds. The van der Waals surface area contributed by atoms with Crippen LogP contribution in [0.4, 0.5) is 0 Å². The molecule has 0 aliphatic heterocycles. The third kappa shape index (κ3) is 623. The second kappa shape index (κ2) is 4.61. The monoisotopic (exact) mass is 177 g/mol. The molecule has 0 atom stereocenters. The van der Waals surface area contributed by atoms with E-state index in [9.17, 15) is 0 Å². The Morgan fingerprint density at radius 2 is 1.29 bits per heavy atom. The summed E-state index contributed by atoms with van der Waals surface area (Å²) in [6.07, 6.45) is 0. The molecule has 7 heavy (non-hydrogen) atoms. The summed E-state index contributed by atoms with van der Waals surface area (Å²) in [5.41, 5.74) is 0. The van der Waals surface area contributed by atoms with Gasteiger partial charge in [0.05, 0.1) is 0 Å². The molecular weight excluding hydrogens is 177 g/mol. The SMILES string of the molecule is O=S(=O)([O-])[O-].[OH][Zn+2]. The van der Waals surface area contributed by atoms with Crippen LogP contribution in [0.3, 0.4) is 0 Å². The quantitative estimate of drug-likeness (QED) is 0.265. The van der Waals surface area contributed by atoms with Crippen molar-refractivity contribution in [1.82, 2.24) is 0 Å². The molecule has 0 saturated heterocycles. The Bertz CT molecular complexity index is 91.2. The average Bonchev–Trinajstić information content (AvgIpc) is 1.36. The number of hydrogen-bond donors (Lipinski definition) is 1. The Morgan fingerprint density at radius 3 is 1.29 bits per heavy atom. The standard InChI is InChI=1S/H2O4S.H2O.Zn/c1-5(2,3)4;;/h(H2,1,2,3,4);1H2;/q;;+3/p-3. The van der Waals surface area contributed by atoms with E-state index < -0.39 is 10.4 Å². The van der Waals surface area contributed by atoms with E-state index >= 15 is 0 Å². The molecule has 0 unspecified atom stereocenters. The fourth-order valence-corrected chi connectivity index (χ4v) is 0. The Morgan fingerprint density at radius 1 is 1.29 bits per heavy atom. The van der Waals surface area contributed by atoms with Gasteiger partial charge in [0.1, 0.15) is 0 Å². The molecule has 5 nitrogen and oxygen atoms in total. The minimum absolute atomic E-state index is 0.375. The predicted octanol–water partition coefficient (Wildman–Crippen LogP) is -1.90. The Balaban J connectivity index is 0. The van der Waals surface area contributed by atoms with Crippen LogP contribution in [0.25, 0.3) is 0 Å². The van der Waals surface area contributed by atoms with Crippen LogP contribution in [0.2, 0.25) is 0 Å². The van der Waals surface area contributed by atoms with Crippen molar-refractivity contribution >= 4 is 10.4 Å². The summed E-state index contributed by atoms with van der Waals surface area (Å²) in [4.78, 5) is 0. The molecular formula is HO5SZn. The van der Waals surface area contributed by atoms with Crippen LogP contribution in [0, 0.1) is 0 Å². The topological polar surface area (TPSA) is 100 Å². The Hall–Kier alpha value is 0.453. The van der Waals surface area contributed by atoms with Crippen LogP contribution in [0.15, 0.2) is 0 Å². The molecule has 0 aliphatic carbocycles. The van der Waals surface area contributed by atoms with Crippen molar-refractivity contribution in [2.75, 3.05) is 0 Å². The molecule has 0 bridgehead atoms. The van der Waals surface area contributed by atoms with Crippen molar-refractivity contribution in [2.45, 2.75) is 0 Å². The molecule has 0 aromatic carbocycles. The maximum absolute atomic E-state index is 8.52. The molecule has 0 fully saturated rings. The van der Waals surface area contributed by atoms with Gasteiger partial charge in [-0.05, 0) is 0 Å². The zero-order valence-corrected chi connectivity index (χ0v) is 6.98. The minimum atomic E-state index is -5.17. The number of rotatable bonds is 0. The van der Waals surface area contributed by atoms with Crippen LogP contribution < -0.4 is 0 Å². The van der Waals surface area contributed by atoms with Crippen LogP contribution in [-0.4, -0.2) is 21.5 Å². The van der Waals surface area contributed by atoms with Crippen molar-refractivity contribution in [3.05, 3.63) is 0 Å². The first-order valence-electron chi connectivity index (χ1n) is 0.983. The molecule has 1 N–H and O–H groups in total. The van der Waals surface area contributed by atoms with Crippen LogP contribution in [0.1, 0.15) is 0 Å². The van der Waals surface area contributed by atoms with E-state index in [0.29, 0.717) is 18.7 Å². The predicted molar refractivity (Wildman–Crippen MR) is 12.7 cm³/mol. The molecule has 0 aromatic heterocycles. The second-order valence-electron chi connectivity index (χ2n) is 0.408. The van der Waals surface area contributed by atoms with E-state index in [1.807, 2.05) is 0 Å². The summed E-state index contributed by atoms with van der Waals surface area (Å²) >= 11 is 0.375. The van der Waals surface area contributed by atoms with Gasteiger partial charge in [0.25, 0.3) is 0 Å². The van der Waals surface area contributed by atoms with Gasteiger partial charge in [0.2, 0.25) is 0 Å². The van der Waals surface area contributed by atoms with Gasteiger partial charge in [-0.1, -0.05) is 0 Å². The second-order valence-corrected chi connectivity index (χ2v) is 1.22. The maximum atomic E-state index is 8.52. The van der Waals surface area contributed by atoms with E-state index in [1.165, 1.54) is 0 Å². The molecule has 0 saturated carbocycles.